The van der Waals surface area contributed by atoms with Gasteiger partial charge in [0.1, 0.15) is 5.82 Å². The first-order valence-corrected chi connectivity index (χ1v) is 13.6. The third-order valence-electron chi connectivity index (χ3n) is 5.74. The van der Waals surface area contributed by atoms with Gasteiger partial charge in [-0.1, -0.05) is 31.8 Å². The van der Waals surface area contributed by atoms with Crippen LogP contribution in [0.3, 0.4) is 0 Å². The summed E-state index contributed by atoms with van der Waals surface area (Å²) in [4.78, 5) is 16.9. The first-order valence-electron chi connectivity index (χ1n) is 9.92. The molecule has 1 aliphatic heterocycles. The number of aromatic nitrogens is 1. The summed E-state index contributed by atoms with van der Waals surface area (Å²) in [5.41, 5.74) is 4.47. The second kappa shape index (κ2) is 7.33. The fourth-order valence-corrected chi connectivity index (χ4v) is 4.89. The van der Waals surface area contributed by atoms with Crippen LogP contribution in [0.2, 0.25) is 25.7 Å². The molecule has 2 heterocycles. The van der Waals surface area contributed by atoms with E-state index in [1.165, 1.54) is 16.7 Å². The molecule has 1 aromatic heterocycles. The molecule has 0 amide bonds. The third kappa shape index (κ3) is 3.84. The van der Waals surface area contributed by atoms with Crippen molar-refractivity contribution in [1.82, 2.24) is 4.98 Å². The van der Waals surface area contributed by atoms with Crippen LogP contribution in [-0.4, -0.2) is 39.0 Å². The van der Waals surface area contributed by atoms with E-state index in [0.29, 0.717) is 12.2 Å². The molecule has 1 spiro atoms. The molecule has 0 saturated carbocycles. The van der Waals surface area contributed by atoms with Crippen molar-refractivity contribution >= 4 is 19.9 Å². The Balaban J connectivity index is 1.38. The van der Waals surface area contributed by atoms with Crippen LogP contribution in [0.15, 0.2) is 36.5 Å². The molecular formula is C22H28N2O3Si. The summed E-state index contributed by atoms with van der Waals surface area (Å²) in [7, 11) is -1.13. The second-order valence-electron chi connectivity index (χ2n) is 9.14. The number of carbonyl (C=O) groups excluding carboxylic acids is 1. The lowest BCUT2D eigenvalue weighted by Gasteiger charge is -2.22. The van der Waals surface area contributed by atoms with Crippen molar-refractivity contribution < 1.29 is 14.3 Å². The first-order chi connectivity index (χ1) is 13.4. The predicted molar refractivity (Wildman–Crippen MR) is 113 cm³/mol. The number of nitrogens with zero attached hydrogens (tertiary/aromatic N) is 1. The molecule has 1 N–H and O–H groups in total. The summed E-state index contributed by atoms with van der Waals surface area (Å²) < 4.78 is 10.8. The molecule has 1 atom stereocenters. The minimum absolute atomic E-state index is 0.0211. The van der Waals surface area contributed by atoms with Crippen molar-refractivity contribution in [3.05, 3.63) is 58.8 Å². The van der Waals surface area contributed by atoms with Gasteiger partial charge >= 0.3 is 5.97 Å². The van der Waals surface area contributed by atoms with Gasteiger partial charge in [-0.25, -0.2) is 9.78 Å². The Bertz CT molecular complexity index is 894. The molecule has 1 aromatic carbocycles. The number of rotatable bonds is 6. The van der Waals surface area contributed by atoms with E-state index < -0.39 is 8.07 Å². The van der Waals surface area contributed by atoms with E-state index in [0.717, 1.165) is 31.2 Å². The van der Waals surface area contributed by atoms with Crippen molar-refractivity contribution in [2.75, 3.05) is 25.3 Å². The Morgan fingerprint density at radius 3 is 2.86 bits per heavy atom. The smallest absolute Gasteiger partial charge is 0.340 e. The number of benzene rings is 1. The molecular weight excluding hydrogens is 368 g/mol. The van der Waals surface area contributed by atoms with Gasteiger partial charge in [0.15, 0.2) is 6.79 Å². The standard InChI is InChI=1S/C22H28N2O3Si/c1-28(2,3)10-9-26-15-27-21(25)16-6-7-17-12-22(13-18(17)11-16)14-24-20-19(22)5-4-8-23-20/h4-8,11H,9-10,12-15H2,1-3H3,(H,23,24). The maximum Gasteiger partial charge on any atom is 0.340 e. The van der Waals surface area contributed by atoms with E-state index in [1.54, 1.807) is 0 Å². The molecule has 0 radical (unpaired) electrons. The maximum absolute atomic E-state index is 12.4. The third-order valence-corrected chi connectivity index (χ3v) is 7.45. The van der Waals surface area contributed by atoms with E-state index in [2.05, 4.69) is 42.1 Å². The number of pyridine rings is 1. The molecule has 0 saturated heterocycles. The lowest BCUT2D eigenvalue weighted by atomic mass is 9.80. The summed E-state index contributed by atoms with van der Waals surface area (Å²) in [5.74, 6) is 0.675. The summed E-state index contributed by atoms with van der Waals surface area (Å²) in [6.45, 7) is 8.46. The summed E-state index contributed by atoms with van der Waals surface area (Å²) in [5, 5.41) is 3.44. The van der Waals surface area contributed by atoms with Gasteiger partial charge in [0, 0.05) is 38.4 Å². The van der Waals surface area contributed by atoms with E-state index in [-0.39, 0.29) is 18.2 Å². The highest BCUT2D eigenvalue weighted by molar-refractivity contribution is 6.76. The zero-order valence-corrected chi connectivity index (χ0v) is 17.9. The summed E-state index contributed by atoms with van der Waals surface area (Å²) in [6.07, 6.45) is 3.72. The number of fused-ring (bicyclic) bond motifs is 3. The summed E-state index contributed by atoms with van der Waals surface area (Å²) in [6, 6.07) is 11.2. The lowest BCUT2D eigenvalue weighted by molar-refractivity contribution is -0.0276. The fraction of sp³-hybridized carbons (Fsp3) is 0.455. The molecule has 0 bridgehead atoms. The second-order valence-corrected chi connectivity index (χ2v) is 14.8. The van der Waals surface area contributed by atoms with Gasteiger partial charge in [-0.2, -0.15) is 0 Å². The first kappa shape index (κ1) is 19.1. The van der Waals surface area contributed by atoms with Crippen LogP contribution < -0.4 is 5.32 Å². The Morgan fingerprint density at radius 1 is 1.21 bits per heavy atom. The highest BCUT2D eigenvalue weighted by atomic mass is 28.3. The number of ether oxygens (including phenoxy) is 2. The topological polar surface area (TPSA) is 60.5 Å². The molecule has 2 aliphatic rings. The molecule has 0 fully saturated rings. The van der Waals surface area contributed by atoms with Gasteiger partial charge in [-0.15, -0.1) is 0 Å². The maximum atomic E-state index is 12.4. The largest absolute Gasteiger partial charge is 0.435 e. The molecule has 1 aliphatic carbocycles. The van der Waals surface area contributed by atoms with Crippen molar-refractivity contribution in [2.45, 2.75) is 43.9 Å². The molecule has 148 valence electrons. The quantitative estimate of drug-likeness (QED) is 0.346. The van der Waals surface area contributed by atoms with Crippen LogP contribution in [0, 0.1) is 0 Å². The number of anilines is 1. The number of esters is 1. The van der Waals surface area contributed by atoms with Crippen molar-refractivity contribution in [3.63, 3.8) is 0 Å². The summed E-state index contributed by atoms with van der Waals surface area (Å²) >= 11 is 0. The monoisotopic (exact) mass is 396 g/mol. The van der Waals surface area contributed by atoms with Gasteiger partial charge < -0.3 is 14.8 Å². The highest BCUT2D eigenvalue weighted by Gasteiger charge is 2.44. The molecule has 1 unspecified atom stereocenters. The van der Waals surface area contributed by atoms with Gasteiger partial charge in [-0.3, -0.25) is 0 Å². The van der Waals surface area contributed by atoms with Crippen molar-refractivity contribution in [2.24, 2.45) is 0 Å². The Kier molecular flexibility index (Phi) is 5.01. The minimum Gasteiger partial charge on any atom is -0.435 e. The molecule has 2 aromatic rings. The average Bonchev–Trinajstić information content (AvgIpc) is 3.20. The Morgan fingerprint density at radius 2 is 2.04 bits per heavy atom. The van der Waals surface area contributed by atoms with Crippen LogP contribution in [0.4, 0.5) is 5.82 Å². The van der Waals surface area contributed by atoms with E-state index in [1.807, 2.05) is 24.4 Å². The van der Waals surface area contributed by atoms with E-state index >= 15 is 0 Å². The normalized spacial score (nSPS) is 20.0. The van der Waals surface area contributed by atoms with Crippen LogP contribution in [-0.2, 0) is 27.7 Å². The van der Waals surface area contributed by atoms with Crippen LogP contribution in [0.25, 0.3) is 0 Å². The van der Waals surface area contributed by atoms with E-state index in [4.69, 9.17) is 9.47 Å². The van der Waals surface area contributed by atoms with Crippen LogP contribution in [0.1, 0.15) is 27.0 Å². The zero-order valence-electron chi connectivity index (χ0n) is 16.9. The van der Waals surface area contributed by atoms with Gasteiger partial charge in [0.05, 0.1) is 5.56 Å². The average molecular weight is 397 g/mol. The van der Waals surface area contributed by atoms with Gasteiger partial charge in [0.2, 0.25) is 0 Å². The van der Waals surface area contributed by atoms with Gasteiger partial charge in [-0.05, 0) is 48.2 Å². The number of carbonyl (C=O) groups is 1. The number of nitrogens with one attached hydrogen (secondary N) is 1. The minimum atomic E-state index is -1.13. The zero-order chi connectivity index (χ0) is 19.8. The molecule has 28 heavy (non-hydrogen) atoms. The SMILES string of the molecule is C[Si](C)(C)CCOCOC(=O)c1ccc2c(c1)CC1(CNc3ncccc31)C2. The molecule has 6 heteroatoms. The van der Waals surface area contributed by atoms with Crippen LogP contribution >= 0.6 is 0 Å². The van der Waals surface area contributed by atoms with Crippen molar-refractivity contribution in [1.29, 1.82) is 0 Å². The number of hydrogen-bond donors (Lipinski definition) is 1. The Labute approximate surface area is 167 Å². The molecule has 5 nitrogen and oxygen atoms in total. The number of hydrogen-bond acceptors (Lipinski definition) is 5. The fourth-order valence-electron chi connectivity index (χ4n) is 4.14. The van der Waals surface area contributed by atoms with E-state index in [9.17, 15) is 4.79 Å². The Hall–Kier alpha value is -2.18. The predicted octanol–water partition coefficient (Wildman–Crippen LogP) is 4.01. The highest BCUT2D eigenvalue weighted by Crippen LogP contribution is 2.45. The van der Waals surface area contributed by atoms with Gasteiger partial charge in [0.25, 0.3) is 0 Å². The lowest BCUT2D eigenvalue weighted by Crippen LogP contribution is -2.29. The van der Waals surface area contributed by atoms with Crippen LogP contribution in [0.5, 0.6) is 0 Å². The molecule has 4 rings (SSSR count). The van der Waals surface area contributed by atoms with Crippen molar-refractivity contribution in [3.8, 4) is 0 Å².